The second-order valence-electron chi connectivity index (χ2n) is 7.92. The molecular formula is C25H22Cl2N4O3S. The molecule has 0 saturated heterocycles. The second-order valence-corrected chi connectivity index (χ2v) is 9.93. The van der Waals surface area contributed by atoms with Gasteiger partial charge in [-0.1, -0.05) is 70.9 Å². The van der Waals surface area contributed by atoms with Crippen LogP contribution in [0.5, 0.6) is 5.75 Å². The average Bonchev–Trinajstić information content (AvgIpc) is 3.18. The Kier molecular flexibility index (Phi) is 7.95. The topological polar surface area (TPSA) is 83.1 Å². The van der Waals surface area contributed by atoms with E-state index >= 15 is 0 Å². The van der Waals surface area contributed by atoms with E-state index in [0.717, 1.165) is 22.4 Å². The molecule has 0 spiro atoms. The highest BCUT2D eigenvalue weighted by atomic mass is 35.5. The van der Waals surface area contributed by atoms with Crippen molar-refractivity contribution in [1.82, 2.24) is 14.8 Å². The summed E-state index contributed by atoms with van der Waals surface area (Å²) >= 11 is 13.5. The molecule has 10 heteroatoms. The predicted molar refractivity (Wildman–Crippen MR) is 139 cm³/mol. The molecule has 0 amide bonds. The third kappa shape index (κ3) is 6.33. The number of halogens is 2. The number of benzene rings is 3. The predicted octanol–water partition coefficient (Wildman–Crippen LogP) is 6.88. The van der Waals surface area contributed by atoms with Gasteiger partial charge in [-0.25, -0.2) is 0 Å². The van der Waals surface area contributed by atoms with Gasteiger partial charge in [0.2, 0.25) is 6.54 Å². The van der Waals surface area contributed by atoms with Crippen LogP contribution in [-0.4, -0.2) is 26.2 Å². The number of rotatable bonds is 9. The highest BCUT2D eigenvalue weighted by Crippen LogP contribution is 2.36. The summed E-state index contributed by atoms with van der Waals surface area (Å²) in [7, 11) is 0. The third-order valence-corrected chi connectivity index (χ3v) is 7.08. The molecule has 0 unspecified atom stereocenters. The minimum Gasteiger partial charge on any atom is -0.489 e. The van der Waals surface area contributed by atoms with E-state index in [-0.39, 0.29) is 18.1 Å². The van der Waals surface area contributed by atoms with E-state index in [2.05, 4.69) is 10.2 Å². The zero-order chi connectivity index (χ0) is 24.9. The first-order valence-electron chi connectivity index (χ1n) is 10.7. The van der Waals surface area contributed by atoms with Gasteiger partial charge in [-0.3, -0.25) is 14.7 Å². The van der Waals surface area contributed by atoms with E-state index in [0.29, 0.717) is 26.8 Å². The van der Waals surface area contributed by atoms with Crippen LogP contribution in [0.4, 0.5) is 0 Å². The lowest BCUT2D eigenvalue weighted by Crippen LogP contribution is -2.11. The first kappa shape index (κ1) is 25.0. The zero-order valence-corrected chi connectivity index (χ0v) is 21.3. The van der Waals surface area contributed by atoms with Crippen LogP contribution in [0.25, 0.3) is 5.69 Å². The van der Waals surface area contributed by atoms with Gasteiger partial charge < -0.3 is 4.74 Å². The van der Waals surface area contributed by atoms with Crippen LogP contribution in [0.2, 0.25) is 10.0 Å². The maximum Gasteiger partial charge on any atom is 0.220 e. The van der Waals surface area contributed by atoms with E-state index in [1.165, 1.54) is 11.8 Å². The summed E-state index contributed by atoms with van der Waals surface area (Å²) in [5.74, 6) is 1.34. The Morgan fingerprint density at radius 1 is 1.03 bits per heavy atom. The molecule has 0 bridgehead atoms. The lowest BCUT2D eigenvalue weighted by molar-refractivity contribution is -0.479. The standard InChI is InChI=1S/C25H22Cl2N4O3S/c1-16-3-9-21(10-4-16)31-17(2)28-29-25(31)35-24(14-30(32)33)18-6-11-22(12-7-18)34-15-19-5-8-20(26)13-23(19)27/h3-13,24H,14-15H2,1-2H3/t24-/m1/s1. The lowest BCUT2D eigenvalue weighted by Gasteiger charge is -2.15. The van der Waals surface area contributed by atoms with Gasteiger partial charge in [0.05, 0.1) is 0 Å². The highest BCUT2D eigenvalue weighted by Gasteiger charge is 2.24. The number of aryl methyl sites for hydroxylation is 2. The number of nitrogens with zero attached hydrogens (tertiary/aromatic N) is 4. The Morgan fingerprint density at radius 2 is 1.74 bits per heavy atom. The average molecular weight is 529 g/mol. The number of aromatic nitrogens is 3. The molecule has 1 heterocycles. The van der Waals surface area contributed by atoms with Crippen molar-refractivity contribution in [2.45, 2.75) is 30.9 Å². The number of hydrogen-bond donors (Lipinski definition) is 0. The smallest absolute Gasteiger partial charge is 0.220 e. The fourth-order valence-corrected chi connectivity index (χ4v) is 5.10. The molecule has 0 aliphatic rings. The summed E-state index contributed by atoms with van der Waals surface area (Å²) in [6.45, 7) is 3.90. The number of hydrogen-bond acceptors (Lipinski definition) is 6. The summed E-state index contributed by atoms with van der Waals surface area (Å²) in [5, 5.41) is 21.2. The van der Waals surface area contributed by atoms with E-state index in [1.807, 2.05) is 60.9 Å². The molecule has 4 aromatic rings. The maximum atomic E-state index is 11.5. The SMILES string of the molecule is Cc1ccc(-n2c(C)nnc2S[C@H](C[N+](=O)[O-])c2ccc(OCc3ccc(Cl)cc3Cl)cc2)cc1. The maximum absolute atomic E-state index is 11.5. The normalized spacial score (nSPS) is 11.9. The number of ether oxygens (including phenoxy) is 1. The van der Waals surface area contributed by atoms with Gasteiger partial charge in [-0.05, 0) is 55.8 Å². The Balaban J connectivity index is 1.52. The molecule has 0 radical (unpaired) electrons. The third-order valence-electron chi connectivity index (χ3n) is 5.31. The van der Waals surface area contributed by atoms with Crippen LogP contribution in [0, 0.1) is 24.0 Å². The number of thioether (sulfide) groups is 1. The molecular weight excluding hydrogens is 507 g/mol. The summed E-state index contributed by atoms with van der Waals surface area (Å²) < 4.78 is 7.75. The van der Waals surface area contributed by atoms with Crippen molar-refractivity contribution < 1.29 is 9.66 Å². The minimum absolute atomic E-state index is 0.259. The van der Waals surface area contributed by atoms with Crippen LogP contribution < -0.4 is 4.74 Å². The first-order chi connectivity index (χ1) is 16.8. The van der Waals surface area contributed by atoms with E-state index in [4.69, 9.17) is 27.9 Å². The Labute approximate surface area is 217 Å². The Bertz CT molecular complexity index is 1330. The van der Waals surface area contributed by atoms with Gasteiger partial charge >= 0.3 is 0 Å². The molecule has 1 aromatic heterocycles. The van der Waals surface area contributed by atoms with E-state index in [9.17, 15) is 10.1 Å². The lowest BCUT2D eigenvalue weighted by atomic mass is 10.1. The van der Waals surface area contributed by atoms with Gasteiger partial charge in [0.25, 0.3) is 0 Å². The zero-order valence-electron chi connectivity index (χ0n) is 19.0. The number of nitro groups is 1. The molecule has 4 rings (SSSR count). The van der Waals surface area contributed by atoms with Crippen LogP contribution in [0.1, 0.15) is 27.8 Å². The molecule has 0 saturated carbocycles. The largest absolute Gasteiger partial charge is 0.489 e. The van der Waals surface area contributed by atoms with Crippen molar-refractivity contribution >= 4 is 35.0 Å². The van der Waals surface area contributed by atoms with Crippen molar-refractivity contribution in [1.29, 1.82) is 0 Å². The van der Waals surface area contributed by atoms with Gasteiger partial charge in [0.1, 0.15) is 23.4 Å². The van der Waals surface area contributed by atoms with Crippen molar-refractivity contribution in [3.8, 4) is 11.4 Å². The summed E-state index contributed by atoms with van der Waals surface area (Å²) in [6.07, 6.45) is 0. The van der Waals surface area contributed by atoms with Crippen LogP contribution >= 0.6 is 35.0 Å². The Hall–Kier alpha value is -3.07. The quantitative estimate of drug-likeness (QED) is 0.134. The molecule has 180 valence electrons. The second kappa shape index (κ2) is 11.1. The molecule has 7 nitrogen and oxygen atoms in total. The summed E-state index contributed by atoms with van der Waals surface area (Å²) in [5.41, 5.74) is 3.65. The molecule has 1 atom stereocenters. The van der Waals surface area contributed by atoms with Gasteiger partial charge in [0.15, 0.2) is 5.16 Å². The summed E-state index contributed by atoms with van der Waals surface area (Å²) in [4.78, 5) is 11.1. The molecule has 0 fully saturated rings. The van der Waals surface area contributed by atoms with Gasteiger partial charge in [-0.15, -0.1) is 10.2 Å². The first-order valence-corrected chi connectivity index (χ1v) is 12.4. The summed E-state index contributed by atoms with van der Waals surface area (Å²) in [6, 6.07) is 20.5. The van der Waals surface area contributed by atoms with Crippen molar-refractivity contribution in [3.63, 3.8) is 0 Å². The van der Waals surface area contributed by atoms with Crippen LogP contribution in [0.15, 0.2) is 71.9 Å². The molecule has 35 heavy (non-hydrogen) atoms. The van der Waals surface area contributed by atoms with Crippen molar-refractivity contribution in [2.75, 3.05) is 6.54 Å². The highest BCUT2D eigenvalue weighted by molar-refractivity contribution is 7.99. The van der Waals surface area contributed by atoms with E-state index < -0.39 is 5.25 Å². The van der Waals surface area contributed by atoms with Crippen LogP contribution in [-0.2, 0) is 6.61 Å². The van der Waals surface area contributed by atoms with Crippen LogP contribution in [0.3, 0.4) is 0 Å². The minimum atomic E-state index is -0.461. The Morgan fingerprint density at radius 3 is 2.40 bits per heavy atom. The van der Waals surface area contributed by atoms with Crippen molar-refractivity contribution in [3.05, 3.63) is 109 Å². The molecule has 0 N–H and O–H groups in total. The van der Waals surface area contributed by atoms with E-state index in [1.54, 1.807) is 24.3 Å². The van der Waals surface area contributed by atoms with Crippen molar-refractivity contribution in [2.24, 2.45) is 0 Å². The molecule has 0 aliphatic carbocycles. The van der Waals surface area contributed by atoms with Gasteiger partial charge in [-0.2, -0.15) is 0 Å². The monoisotopic (exact) mass is 528 g/mol. The van der Waals surface area contributed by atoms with Gasteiger partial charge in [0, 0.05) is 26.2 Å². The fraction of sp³-hybridized carbons (Fsp3) is 0.200. The molecule has 0 aliphatic heterocycles. The fourth-order valence-electron chi connectivity index (χ4n) is 3.46. The molecule has 3 aromatic carbocycles.